The fourth-order valence-electron chi connectivity index (χ4n) is 5.16. The normalized spacial score (nSPS) is 25.4. The highest BCUT2D eigenvalue weighted by atomic mass is 35.5. The van der Waals surface area contributed by atoms with Crippen LogP contribution in [-0.4, -0.2) is 28.1 Å². The number of hydrogen-bond donors (Lipinski definition) is 1. The van der Waals surface area contributed by atoms with E-state index in [1.54, 1.807) is 6.92 Å². The number of piperidine rings is 1. The van der Waals surface area contributed by atoms with Crippen LogP contribution >= 0.6 is 23.2 Å². The molecule has 32 heavy (non-hydrogen) atoms. The molecule has 2 aromatic carbocycles. The summed E-state index contributed by atoms with van der Waals surface area (Å²) in [5.41, 5.74) is 1.55. The first-order chi connectivity index (χ1) is 15.2. The molecule has 0 spiro atoms. The maximum atomic E-state index is 14.1. The lowest BCUT2D eigenvalue weighted by Crippen LogP contribution is -2.57. The molecule has 1 saturated heterocycles. The molecule has 3 rings (SSSR count). The van der Waals surface area contributed by atoms with Gasteiger partial charge in [-0.15, -0.1) is 6.58 Å². The minimum atomic E-state index is -0.652. The first-order valence-electron chi connectivity index (χ1n) is 11.3. The van der Waals surface area contributed by atoms with E-state index in [0.29, 0.717) is 29.3 Å². The number of benzene rings is 2. The summed E-state index contributed by atoms with van der Waals surface area (Å²) in [7, 11) is 0. The second kappa shape index (κ2) is 10.4. The molecule has 0 unspecified atom stereocenters. The Morgan fingerprint density at radius 2 is 1.88 bits per heavy atom. The van der Waals surface area contributed by atoms with Crippen molar-refractivity contribution >= 4 is 29.1 Å². The van der Waals surface area contributed by atoms with Crippen LogP contribution in [0.4, 0.5) is 0 Å². The Balaban J connectivity index is 2.22. The molecule has 3 nitrogen and oxygen atoms in total. The van der Waals surface area contributed by atoms with Crippen molar-refractivity contribution in [2.75, 3.05) is 0 Å². The van der Waals surface area contributed by atoms with Crippen LogP contribution in [0.3, 0.4) is 0 Å². The molecule has 1 amide bonds. The van der Waals surface area contributed by atoms with Gasteiger partial charge in [0.2, 0.25) is 5.91 Å². The molecule has 2 aromatic rings. The number of allylic oxidation sites excluding steroid dienone is 1. The quantitative estimate of drug-likeness (QED) is 0.412. The predicted octanol–water partition coefficient (Wildman–Crippen LogP) is 7.18. The number of nitrogens with zero attached hydrogens (tertiary/aromatic N) is 1. The predicted molar refractivity (Wildman–Crippen MR) is 133 cm³/mol. The third-order valence-corrected chi connectivity index (χ3v) is 7.31. The molecular formula is C27H33Cl2NO2. The maximum Gasteiger partial charge on any atom is 0.229 e. The van der Waals surface area contributed by atoms with E-state index in [2.05, 4.69) is 19.6 Å². The van der Waals surface area contributed by atoms with Crippen molar-refractivity contribution in [2.24, 2.45) is 5.41 Å². The van der Waals surface area contributed by atoms with Crippen LogP contribution < -0.4 is 0 Å². The smallest absolute Gasteiger partial charge is 0.229 e. The molecule has 0 radical (unpaired) electrons. The van der Waals surface area contributed by atoms with Crippen molar-refractivity contribution in [3.63, 3.8) is 0 Å². The van der Waals surface area contributed by atoms with Crippen LogP contribution in [0.2, 0.25) is 10.0 Å². The molecular weight excluding hydrogens is 441 g/mol. The van der Waals surface area contributed by atoms with Crippen molar-refractivity contribution < 1.29 is 9.90 Å². The Hall–Kier alpha value is -1.81. The first-order valence-corrected chi connectivity index (χ1v) is 12.1. The number of amides is 1. The average Bonchev–Trinajstić information content (AvgIpc) is 2.76. The van der Waals surface area contributed by atoms with Crippen molar-refractivity contribution in [1.29, 1.82) is 0 Å². The lowest BCUT2D eigenvalue weighted by molar-refractivity contribution is -0.158. The van der Waals surface area contributed by atoms with Crippen molar-refractivity contribution in [1.82, 2.24) is 4.90 Å². The van der Waals surface area contributed by atoms with Gasteiger partial charge in [-0.3, -0.25) is 4.79 Å². The fourth-order valence-corrected chi connectivity index (χ4v) is 5.49. The van der Waals surface area contributed by atoms with E-state index in [1.165, 1.54) is 0 Å². The van der Waals surface area contributed by atoms with Gasteiger partial charge in [0.05, 0.1) is 18.2 Å². The summed E-state index contributed by atoms with van der Waals surface area (Å²) < 4.78 is 0. The molecule has 1 heterocycles. The van der Waals surface area contributed by atoms with Gasteiger partial charge in [0.25, 0.3) is 0 Å². The molecule has 0 aromatic heterocycles. The topological polar surface area (TPSA) is 40.5 Å². The van der Waals surface area contributed by atoms with E-state index < -0.39 is 11.5 Å². The number of carbonyl (C=O) groups excluding carboxylic acids is 1. The number of carbonyl (C=O) groups is 1. The van der Waals surface area contributed by atoms with Crippen LogP contribution in [-0.2, 0) is 4.79 Å². The molecule has 5 atom stereocenters. The third-order valence-electron chi connectivity index (χ3n) is 6.82. The summed E-state index contributed by atoms with van der Waals surface area (Å²) >= 11 is 12.6. The lowest BCUT2D eigenvalue weighted by atomic mass is 9.66. The summed E-state index contributed by atoms with van der Waals surface area (Å²) in [4.78, 5) is 16.0. The number of halogens is 2. The second-order valence-electron chi connectivity index (χ2n) is 9.18. The number of likely N-dealkylation sites (tertiary alicyclic amines) is 1. The molecule has 172 valence electrons. The monoisotopic (exact) mass is 473 g/mol. The molecule has 0 saturated carbocycles. The van der Waals surface area contributed by atoms with Gasteiger partial charge >= 0.3 is 0 Å². The van der Waals surface area contributed by atoms with Crippen LogP contribution in [0.1, 0.15) is 69.5 Å². The zero-order chi connectivity index (χ0) is 23.5. The molecule has 0 aliphatic carbocycles. The Morgan fingerprint density at radius 1 is 1.19 bits per heavy atom. The summed E-state index contributed by atoms with van der Waals surface area (Å²) in [6.45, 7) is 9.71. The highest BCUT2D eigenvalue weighted by Gasteiger charge is 2.51. The Labute approximate surface area is 202 Å². The standard InChI is InChI=1S/C27H33Cl2NO2/c1-5-7-15-27(4)17-23(20-9-8-10-22(29)16-20)25(19-11-13-21(28)14-12-19)30(26(27)32)24(6-2)18(3)31/h5,8-14,16,18,23-25,31H,1,6-7,15,17H2,2-4H3/t18-,23+,24-,25+,27-/m0/s1. The SMILES string of the molecule is C=CCC[C@@]1(C)C[C@H](c2cccc(Cl)c2)[C@@H](c2ccc(Cl)cc2)N([C@@H](CC)[C@H](C)O)C1=O. The molecule has 1 aliphatic heterocycles. The third kappa shape index (κ3) is 5.06. The van der Waals surface area contributed by atoms with E-state index in [1.807, 2.05) is 60.4 Å². The maximum absolute atomic E-state index is 14.1. The molecule has 1 fully saturated rings. The molecule has 0 bridgehead atoms. The number of hydrogen-bond acceptors (Lipinski definition) is 2. The van der Waals surface area contributed by atoms with Crippen molar-refractivity contribution in [3.8, 4) is 0 Å². The molecule has 1 N–H and O–H groups in total. The zero-order valence-electron chi connectivity index (χ0n) is 19.1. The van der Waals surface area contributed by atoms with Crippen LogP contribution in [0.5, 0.6) is 0 Å². The average molecular weight is 474 g/mol. The van der Waals surface area contributed by atoms with E-state index in [4.69, 9.17) is 23.2 Å². The summed E-state index contributed by atoms with van der Waals surface area (Å²) in [5.74, 6) is 0.112. The van der Waals surface area contributed by atoms with Gasteiger partial charge in [0.15, 0.2) is 0 Å². The Bertz CT molecular complexity index is 943. The van der Waals surface area contributed by atoms with Gasteiger partial charge in [-0.2, -0.15) is 0 Å². The highest BCUT2D eigenvalue weighted by molar-refractivity contribution is 6.30. The van der Waals surface area contributed by atoms with Gasteiger partial charge in [0, 0.05) is 21.4 Å². The van der Waals surface area contributed by atoms with E-state index in [9.17, 15) is 9.90 Å². The first kappa shape index (κ1) is 24.8. The van der Waals surface area contributed by atoms with Gasteiger partial charge in [-0.1, -0.05) is 67.4 Å². The minimum Gasteiger partial charge on any atom is -0.391 e. The molecule has 1 aliphatic rings. The Kier molecular flexibility index (Phi) is 8.08. The molecule has 5 heteroatoms. The van der Waals surface area contributed by atoms with Crippen LogP contribution in [0, 0.1) is 5.41 Å². The van der Waals surface area contributed by atoms with Gasteiger partial charge < -0.3 is 10.0 Å². The lowest BCUT2D eigenvalue weighted by Gasteiger charge is -2.52. The van der Waals surface area contributed by atoms with Crippen molar-refractivity contribution in [3.05, 3.63) is 82.4 Å². The fraction of sp³-hybridized carbons (Fsp3) is 0.444. The second-order valence-corrected chi connectivity index (χ2v) is 10.1. The number of rotatable bonds is 8. The number of aliphatic hydroxyl groups is 1. The zero-order valence-corrected chi connectivity index (χ0v) is 20.6. The van der Waals surface area contributed by atoms with Crippen LogP contribution in [0.15, 0.2) is 61.2 Å². The summed E-state index contributed by atoms with van der Waals surface area (Å²) in [5, 5.41) is 12.0. The number of aliphatic hydroxyl groups excluding tert-OH is 1. The summed E-state index contributed by atoms with van der Waals surface area (Å²) in [6.07, 6.45) is 4.05. The Morgan fingerprint density at radius 3 is 2.44 bits per heavy atom. The van der Waals surface area contributed by atoms with Crippen LogP contribution in [0.25, 0.3) is 0 Å². The van der Waals surface area contributed by atoms with Crippen molar-refractivity contribution in [2.45, 2.75) is 70.6 Å². The summed E-state index contributed by atoms with van der Waals surface area (Å²) in [6, 6.07) is 15.1. The highest BCUT2D eigenvalue weighted by Crippen LogP contribution is 2.52. The van der Waals surface area contributed by atoms with Gasteiger partial charge in [-0.05, 0) is 68.0 Å². The van der Waals surface area contributed by atoms with Gasteiger partial charge in [-0.25, -0.2) is 0 Å². The van der Waals surface area contributed by atoms with E-state index in [-0.39, 0.29) is 23.9 Å². The van der Waals surface area contributed by atoms with Gasteiger partial charge in [0.1, 0.15) is 0 Å². The van der Waals surface area contributed by atoms with E-state index >= 15 is 0 Å². The van der Waals surface area contributed by atoms with E-state index in [0.717, 1.165) is 17.5 Å². The minimum absolute atomic E-state index is 0.0233. The largest absolute Gasteiger partial charge is 0.391 e.